The van der Waals surface area contributed by atoms with Gasteiger partial charge in [0.1, 0.15) is 6.10 Å². The van der Waals surface area contributed by atoms with E-state index in [1.54, 1.807) is 7.11 Å². The molecule has 0 spiro atoms. The highest BCUT2D eigenvalue weighted by Gasteiger charge is 2.30. The quantitative estimate of drug-likeness (QED) is 0.843. The largest absolute Gasteiger partial charge is 0.373 e. The lowest BCUT2D eigenvalue weighted by molar-refractivity contribution is 0.00718. The van der Waals surface area contributed by atoms with Gasteiger partial charge in [0.2, 0.25) is 11.7 Å². The van der Waals surface area contributed by atoms with Crippen LogP contribution in [0, 0.1) is 11.3 Å². The molecular formula is C13H23N3O2. The molecule has 1 unspecified atom stereocenters. The number of nitrogens with zero attached hydrogens (tertiary/aromatic N) is 2. The lowest BCUT2D eigenvalue weighted by Crippen LogP contribution is -2.21. The zero-order valence-corrected chi connectivity index (χ0v) is 11.7. The fraction of sp³-hybridized carbons (Fsp3) is 0.846. The summed E-state index contributed by atoms with van der Waals surface area (Å²) in [7, 11) is 1.68. The highest BCUT2D eigenvalue weighted by molar-refractivity contribution is 4.96. The van der Waals surface area contributed by atoms with Crippen molar-refractivity contribution in [2.24, 2.45) is 11.3 Å². The molecule has 1 saturated carbocycles. The van der Waals surface area contributed by atoms with Gasteiger partial charge in [-0.1, -0.05) is 25.9 Å². The highest BCUT2D eigenvalue weighted by atomic mass is 16.5. The van der Waals surface area contributed by atoms with E-state index in [1.165, 1.54) is 12.8 Å². The Hall–Kier alpha value is -0.940. The summed E-state index contributed by atoms with van der Waals surface area (Å²) in [6.07, 6.45) is 2.55. The van der Waals surface area contributed by atoms with E-state index in [0.717, 1.165) is 12.5 Å². The van der Waals surface area contributed by atoms with Crippen LogP contribution in [0.4, 0.5) is 0 Å². The molecule has 5 heteroatoms. The van der Waals surface area contributed by atoms with Crippen LogP contribution < -0.4 is 5.32 Å². The minimum atomic E-state index is -0.140. The Morgan fingerprint density at radius 1 is 1.44 bits per heavy atom. The van der Waals surface area contributed by atoms with E-state index in [9.17, 15) is 0 Å². The summed E-state index contributed by atoms with van der Waals surface area (Å²) in [4.78, 5) is 4.40. The second kappa shape index (κ2) is 5.36. The van der Waals surface area contributed by atoms with Crippen LogP contribution in [0.2, 0.25) is 0 Å². The maximum atomic E-state index is 5.46. The van der Waals surface area contributed by atoms with Crippen molar-refractivity contribution in [1.29, 1.82) is 0 Å². The Bertz CT molecular complexity index is 380. The second-order valence-electron chi connectivity index (χ2n) is 6.10. The number of ether oxygens (including phenoxy) is 1. The molecule has 0 bridgehead atoms. The molecule has 0 radical (unpaired) electrons. The van der Waals surface area contributed by atoms with E-state index in [2.05, 4.69) is 36.2 Å². The van der Waals surface area contributed by atoms with Crippen LogP contribution in [0.1, 0.15) is 51.4 Å². The standard InChI is InChI=1S/C13H23N3O2/c1-13(2,3)11(17-4)12-15-10(18-16-12)8-14-7-9-5-6-9/h9,11,14H,5-8H2,1-4H3. The average molecular weight is 253 g/mol. The fourth-order valence-corrected chi connectivity index (χ4v) is 2.00. The van der Waals surface area contributed by atoms with Gasteiger partial charge in [0, 0.05) is 7.11 Å². The van der Waals surface area contributed by atoms with Gasteiger partial charge in [0.15, 0.2) is 0 Å². The molecular weight excluding hydrogens is 230 g/mol. The van der Waals surface area contributed by atoms with Crippen LogP contribution in [-0.4, -0.2) is 23.8 Å². The number of aromatic nitrogens is 2. The van der Waals surface area contributed by atoms with Crippen molar-refractivity contribution in [2.75, 3.05) is 13.7 Å². The number of hydrogen-bond acceptors (Lipinski definition) is 5. The first-order valence-corrected chi connectivity index (χ1v) is 6.56. The molecule has 2 rings (SSSR count). The molecule has 1 aliphatic carbocycles. The van der Waals surface area contributed by atoms with Gasteiger partial charge < -0.3 is 14.6 Å². The maximum Gasteiger partial charge on any atom is 0.240 e. The topological polar surface area (TPSA) is 60.2 Å². The van der Waals surface area contributed by atoms with Crippen molar-refractivity contribution < 1.29 is 9.26 Å². The number of hydrogen-bond donors (Lipinski definition) is 1. The lowest BCUT2D eigenvalue weighted by atomic mass is 9.88. The van der Waals surface area contributed by atoms with Gasteiger partial charge in [-0.2, -0.15) is 4.98 Å². The Kier molecular flexibility index (Phi) is 4.02. The Morgan fingerprint density at radius 3 is 2.72 bits per heavy atom. The zero-order chi connectivity index (χ0) is 13.2. The van der Waals surface area contributed by atoms with Crippen molar-refractivity contribution in [2.45, 2.75) is 46.3 Å². The Morgan fingerprint density at radius 2 is 2.17 bits per heavy atom. The van der Waals surface area contributed by atoms with Gasteiger partial charge in [0.05, 0.1) is 6.54 Å². The minimum Gasteiger partial charge on any atom is -0.373 e. The van der Waals surface area contributed by atoms with Crippen molar-refractivity contribution >= 4 is 0 Å². The molecule has 102 valence electrons. The van der Waals surface area contributed by atoms with E-state index in [0.29, 0.717) is 18.3 Å². The molecule has 1 aliphatic rings. The van der Waals surface area contributed by atoms with Crippen molar-refractivity contribution in [1.82, 2.24) is 15.5 Å². The Labute approximate surface area is 108 Å². The third-order valence-electron chi connectivity index (χ3n) is 3.15. The number of rotatable bonds is 6. The summed E-state index contributed by atoms with van der Waals surface area (Å²) < 4.78 is 10.7. The molecule has 1 heterocycles. The zero-order valence-electron chi connectivity index (χ0n) is 11.7. The summed E-state index contributed by atoms with van der Waals surface area (Å²) in [6, 6.07) is 0. The smallest absolute Gasteiger partial charge is 0.240 e. The molecule has 1 fully saturated rings. The first kappa shape index (κ1) is 13.5. The molecule has 1 N–H and O–H groups in total. The van der Waals surface area contributed by atoms with Gasteiger partial charge in [-0.25, -0.2) is 0 Å². The number of nitrogens with one attached hydrogen (secondary N) is 1. The summed E-state index contributed by atoms with van der Waals surface area (Å²) in [5.41, 5.74) is -0.0443. The Balaban J connectivity index is 1.90. The van der Waals surface area contributed by atoms with Crippen molar-refractivity contribution in [3.63, 3.8) is 0 Å². The first-order chi connectivity index (χ1) is 8.50. The third-order valence-corrected chi connectivity index (χ3v) is 3.15. The van der Waals surface area contributed by atoms with Crippen LogP contribution in [0.15, 0.2) is 4.52 Å². The van der Waals surface area contributed by atoms with Crippen molar-refractivity contribution in [3.8, 4) is 0 Å². The summed E-state index contributed by atoms with van der Waals surface area (Å²) >= 11 is 0. The normalized spacial score (nSPS) is 18.0. The van der Waals surface area contributed by atoms with Crippen LogP contribution in [0.3, 0.4) is 0 Å². The van der Waals surface area contributed by atoms with Gasteiger partial charge >= 0.3 is 0 Å². The molecule has 0 amide bonds. The van der Waals surface area contributed by atoms with Gasteiger partial charge in [-0.15, -0.1) is 0 Å². The van der Waals surface area contributed by atoms with E-state index < -0.39 is 0 Å². The minimum absolute atomic E-state index is 0.0443. The molecule has 18 heavy (non-hydrogen) atoms. The van der Waals surface area contributed by atoms with Crippen LogP contribution in [0.25, 0.3) is 0 Å². The fourth-order valence-electron chi connectivity index (χ4n) is 2.00. The monoisotopic (exact) mass is 253 g/mol. The van der Waals surface area contributed by atoms with E-state index in [1.807, 2.05) is 0 Å². The van der Waals surface area contributed by atoms with Gasteiger partial charge in [-0.3, -0.25) is 0 Å². The predicted octanol–water partition coefficient (Wildman–Crippen LogP) is 2.30. The average Bonchev–Trinajstić information content (AvgIpc) is 2.98. The summed E-state index contributed by atoms with van der Waals surface area (Å²) in [6.45, 7) is 7.99. The SMILES string of the molecule is COC(c1noc(CNCC2CC2)n1)C(C)(C)C. The maximum absolute atomic E-state index is 5.46. The van der Waals surface area contributed by atoms with E-state index >= 15 is 0 Å². The molecule has 1 aromatic rings. The molecule has 0 aliphatic heterocycles. The van der Waals surface area contributed by atoms with E-state index in [4.69, 9.17) is 9.26 Å². The number of methoxy groups -OCH3 is 1. The third kappa shape index (κ3) is 3.53. The van der Waals surface area contributed by atoms with E-state index in [-0.39, 0.29) is 11.5 Å². The second-order valence-corrected chi connectivity index (χ2v) is 6.10. The highest BCUT2D eigenvalue weighted by Crippen LogP contribution is 2.33. The van der Waals surface area contributed by atoms with Crippen LogP contribution in [-0.2, 0) is 11.3 Å². The van der Waals surface area contributed by atoms with Crippen LogP contribution >= 0.6 is 0 Å². The molecule has 1 atom stereocenters. The molecule has 0 aromatic carbocycles. The summed E-state index contributed by atoms with van der Waals surface area (Å²) in [5, 5.41) is 7.35. The van der Waals surface area contributed by atoms with Gasteiger partial charge in [-0.05, 0) is 30.7 Å². The molecule has 1 aromatic heterocycles. The van der Waals surface area contributed by atoms with Gasteiger partial charge in [0.25, 0.3) is 0 Å². The molecule has 0 saturated heterocycles. The summed E-state index contributed by atoms with van der Waals surface area (Å²) in [5.74, 6) is 2.12. The first-order valence-electron chi connectivity index (χ1n) is 6.56. The lowest BCUT2D eigenvalue weighted by Gasteiger charge is -2.26. The molecule has 5 nitrogen and oxygen atoms in total. The predicted molar refractivity (Wildman–Crippen MR) is 67.9 cm³/mol. The van der Waals surface area contributed by atoms with Crippen molar-refractivity contribution in [3.05, 3.63) is 11.7 Å². The van der Waals surface area contributed by atoms with Crippen LogP contribution in [0.5, 0.6) is 0 Å².